The van der Waals surface area contributed by atoms with Gasteiger partial charge in [0.05, 0.1) is 23.0 Å². The van der Waals surface area contributed by atoms with Crippen LogP contribution in [0.4, 0.5) is 5.69 Å². The normalized spacial score (nSPS) is 14.2. The Morgan fingerprint density at radius 3 is 2.84 bits per heavy atom. The lowest BCUT2D eigenvalue weighted by molar-refractivity contribution is 0.0368. The van der Waals surface area contributed by atoms with Crippen molar-refractivity contribution in [3.63, 3.8) is 0 Å². The van der Waals surface area contributed by atoms with Gasteiger partial charge in [-0.2, -0.15) is 0 Å². The molecule has 1 aromatic rings. The molecule has 19 heavy (non-hydrogen) atoms. The number of carbonyl (C=O) groups excluding carboxylic acids is 1. The summed E-state index contributed by atoms with van der Waals surface area (Å²) in [5, 5.41) is 12.9. The molecule has 1 rings (SSSR count). The Morgan fingerprint density at radius 1 is 1.63 bits per heavy atom. The van der Waals surface area contributed by atoms with Crippen LogP contribution in [0.1, 0.15) is 37.6 Å². The van der Waals surface area contributed by atoms with Gasteiger partial charge in [-0.1, -0.05) is 25.4 Å². The molecule has 1 unspecified atom stereocenters. The predicted molar refractivity (Wildman–Crippen MR) is 76.1 cm³/mol. The molecule has 1 atom stereocenters. The predicted octanol–water partition coefficient (Wildman–Crippen LogP) is 1.84. The Hall–Kier alpha value is -1.33. The van der Waals surface area contributed by atoms with Gasteiger partial charge in [0.15, 0.2) is 0 Å². The summed E-state index contributed by atoms with van der Waals surface area (Å²) < 4.78 is 0. The number of nitrogens with one attached hydrogen (secondary N) is 1. The average Bonchev–Trinajstić information content (AvgIpc) is 2.27. The van der Waals surface area contributed by atoms with E-state index in [1.165, 1.54) is 12.3 Å². The number of aromatic nitrogens is 1. The fourth-order valence-corrected chi connectivity index (χ4v) is 2.13. The summed E-state index contributed by atoms with van der Waals surface area (Å²) in [7, 11) is 0. The zero-order chi connectivity index (χ0) is 14.6. The maximum atomic E-state index is 11.9. The lowest BCUT2D eigenvalue weighted by Gasteiger charge is -2.25. The summed E-state index contributed by atoms with van der Waals surface area (Å²) in [5.41, 5.74) is 5.18. The monoisotopic (exact) mass is 285 g/mol. The minimum Gasteiger partial charge on any atom is -0.397 e. The smallest absolute Gasteiger partial charge is 0.254 e. The van der Waals surface area contributed by atoms with Crippen molar-refractivity contribution in [1.29, 1.82) is 0 Å². The minimum absolute atomic E-state index is 0.0928. The Morgan fingerprint density at radius 2 is 2.26 bits per heavy atom. The third kappa shape index (κ3) is 5.04. The highest BCUT2D eigenvalue weighted by molar-refractivity contribution is 6.32. The van der Waals surface area contributed by atoms with Crippen LogP contribution in [-0.2, 0) is 0 Å². The standard InChI is InChI=1S/C13H20ClN3O2/c1-8(2)5-13(3,19)7-17-12(18)10-4-9(15)6-16-11(10)14/h4,6,8,19H,5,7,15H2,1-3H3,(H,17,18). The second-order valence-electron chi connectivity index (χ2n) is 5.38. The SMILES string of the molecule is CC(C)CC(C)(O)CNC(=O)c1cc(N)cnc1Cl. The molecule has 0 saturated carbocycles. The summed E-state index contributed by atoms with van der Waals surface area (Å²) >= 11 is 5.84. The molecule has 4 N–H and O–H groups in total. The topological polar surface area (TPSA) is 88.2 Å². The lowest BCUT2D eigenvalue weighted by Crippen LogP contribution is -2.41. The van der Waals surface area contributed by atoms with Gasteiger partial charge in [0.1, 0.15) is 5.15 Å². The van der Waals surface area contributed by atoms with Crippen LogP contribution in [-0.4, -0.2) is 28.1 Å². The molecule has 1 aromatic heterocycles. The molecule has 0 spiro atoms. The van der Waals surface area contributed by atoms with E-state index in [-0.39, 0.29) is 17.3 Å². The molecule has 0 aliphatic rings. The van der Waals surface area contributed by atoms with Gasteiger partial charge < -0.3 is 16.2 Å². The molecule has 1 heterocycles. The van der Waals surface area contributed by atoms with Gasteiger partial charge in [0.2, 0.25) is 0 Å². The maximum absolute atomic E-state index is 11.9. The van der Waals surface area contributed by atoms with Crippen LogP contribution in [0.5, 0.6) is 0 Å². The Balaban J connectivity index is 2.68. The van der Waals surface area contributed by atoms with E-state index in [4.69, 9.17) is 17.3 Å². The van der Waals surface area contributed by atoms with E-state index in [0.717, 1.165) is 0 Å². The number of hydrogen-bond acceptors (Lipinski definition) is 4. The number of hydrogen-bond donors (Lipinski definition) is 3. The fourth-order valence-electron chi connectivity index (χ4n) is 1.94. The molecule has 0 fully saturated rings. The van der Waals surface area contributed by atoms with Crippen molar-refractivity contribution >= 4 is 23.2 Å². The Bertz CT molecular complexity index is 461. The lowest BCUT2D eigenvalue weighted by atomic mass is 9.94. The molecule has 1 amide bonds. The summed E-state index contributed by atoms with van der Waals surface area (Å²) in [5.74, 6) is -0.0571. The van der Waals surface area contributed by atoms with Crippen molar-refractivity contribution in [2.45, 2.75) is 32.8 Å². The first kappa shape index (κ1) is 15.7. The highest BCUT2D eigenvalue weighted by Crippen LogP contribution is 2.17. The number of aliphatic hydroxyl groups is 1. The highest BCUT2D eigenvalue weighted by Gasteiger charge is 2.23. The number of nitrogens with zero attached hydrogens (tertiary/aromatic N) is 1. The Labute approximate surface area is 118 Å². The van der Waals surface area contributed by atoms with Gasteiger partial charge in [0, 0.05) is 6.54 Å². The van der Waals surface area contributed by atoms with Gasteiger partial charge in [-0.05, 0) is 25.3 Å². The minimum atomic E-state index is -0.954. The van der Waals surface area contributed by atoms with Crippen molar-refractivity contribution < 1.29 is 9.90 Å². The number of carbonyl (C=O) groups is 1. The van der Waals surface area contributed by atoms with E-state index >= 15 is 0 Å². The van der Waals surface area contributed by atoms with E-state index < -0.39 is 11.5 Å². The molecule has 0 aromatic carbocycles. The molecule has 0 bridgehead atoms. The number of pyridine rings is 1. The van der Waals surface area contributed by atoms with Crippen LogP contribution in [0.3, 0.4) is 0 Å². The number of anilines is 1. The summed E-state index contributed by atoms with van der Waals surface area (Å²) in [4.78, 5) is 15.8. The maximum Gasteiger partial charge on any atom is 0.254 e. The van der Waals surface area contributed by atoms with Gasteiger partial charge in [-0.25, -0.2) is 4.98 Å². The molecule has 0 saturated heterocycles. The first-order chi connectivity index (χ1) is 8.71. The van der Waals surface area contributed by atoms with E-state index in [1.54, 1.807) is 6.92 Å². The molecule has 0 radical (unpaired) electrons. The van der Waals surface area contributed by atoms with Gasteiger partial charge >= 0.3 is 0 Å². The zero-order valence-corrected chi connectivity index (χ0v) is 12.2. The summed E-state index contributed by atoms with van der Waals surface area (Å²) in [6, 6.07) is 1.46. The van der Waals surface area contributed by atoms with Crippen molar-refractivity contribution in [3.8, 4) is 0 Å². The molecule has 6 heteroatoms. The number of amides is 1. The highest BCUT2D eigenvalue weighted by atomic mass is 35.5. The van der Waals surface area contributed by atoms with Crippen LogP contribution < -0.4 is 11.1 Å². The third-order valence-electron chi connectivity index (χ3n) is 2.58. The van der Waals surface area contributed by atoms with E-state index in [9.17, 15) is 9.90 Å². The summed E-state index contributed by atoms with van der Waals surface area (Å²) in [6.07, 6.45) is 1.98. The zero-order valence-electron chi connectivity index (χ0n) is 11.4. The van der Waals surface area contributed by atoms with Crippen molar-refractivity contribution in [1.82, 2.24) is 10.3 Å². The average molecular weight is 286 g/mol. The fraction of sp³-hybridized carbons (Fsp3) is 0.538. The van der Waals surface area contributed by atoms with Crippen LogP contribution >= 0.6 is 11.6 Å². The number of rotatable bonds is 5. The van der Waals surface area contributed by atoms with Crippen LogP contribution in [0.2, 0.25) is 5.15 Å². The molecular weight excluding hydrogens is 266 g/mol. The second-order valence-corrected chi connectivity index (χ2v) is 5.74. The van der Waals surface area contributed by atoms with Crippen LogP contribution in [0, 0.1) is 5.92 Å². The van der Waals surface area contributed by atoms with Gasteiger partial charge in [0.25, 0.3) is 5.91 Å². The quantitative estimate of drug-likeness (QED) is 0.720. The van der Waals surface area contributed by atoms with Crippen molar-refractivity contribution in [2.75, 3.05) is 12.3 Å². The Kier molecular flexibility index (Phi) is 5.14. The van der Waals surface area contributed by atoms with E-state index in [1.807, 2.05) is 13.8 Å². The second kappa shape index (κ2) is 6.21. The van der Waals surface area contributed by atoms with Gasteiger partial charge in [-0.15, -0.1) is 0 Å². The first-order valence-corrected chi connectivity index (χ1v) is 6.50. The largest absolute Gasteiger partial charge is 0.397 e. The number of nitrogen functional groups attached to an aromatic ring is 1. The molecule has 0 aliphatic heterocycles. The third-order valence-corrected chi connectivity index (χ3v) is 2.88. The summed E-state index contributed by atoms with van der Waals surface area (Å²) in [6.45, 7) is 5.85. The van der Waals surface area contributed by atoms with E-state index in [0.29, 0.717) is 18.0 Å². The van der Waals surface area contributed by atoms with E-state index in [2.05, 4.69) is 10.3 Å². The number of halogens is 1. The molecule has 106 valence electrons. The molecule has 5 nitrogen and oxygen atoms in total. The van der Waals surface area contributed by atoms with Crippen molar-refractivity contribution in [2.24, 2.45) is 5.92 Å². The van der Waals surface area contributed by atoms with Crippen molar-refractivity contribution in [3.05, 3.63) is 23.0 Å². The molecular formula is C13H20ClN3O2. The van der Waals surface area contributed by atoms with Gasteiger partial charge in [-0.3, -0.25) is 4.79 Å². The molecule has 0 aliphatic carbocycles. The number of nitrogens with two attached hydrogens (primary N) is 1. The van der Waals surface area contributed by atoms with Crippen LogP contribution in [0.15, 0.2) is 12.3 Å². The van der Waals surface area contributed by atoms with Crippen LogP contribution in [0.25, 0.3) is 0 Å². The first-order valence-electron chi connectivity index (χ1n) is 6.13.